The molecule has 0 fully saturated rings. The van der Waals surface area contributed by atoms with Gasteiger partial charge >= 0.3 is 0 Å². The van der Waals surface area contributed by atoms with Crippen LogP contribution in [0.2, 0.25) is 0 Å². The van der Waals surface area contributed by atoms with Gasteiger partial charge in [-0.2, -0.15) is 0 Å². The van der Waals surface area contributed by atoms with E-state index in [9.17, 15) is 0 Å². The summed E-state index contributed by atoms with van der Waals surface area (Å²) in [6.07, 6.45) is 39.6. The standard InChI is InChI=1S/3C12H27P.Ru/c3*1-4-7-10-13(11-8-5-2)12-9-6-3;/h3*4-12H2,1-3H3;. The van der Waals surface area contributed by atoms with Crippen molar-refractivity contribution in [2.45, 2.75) is 178 Å². The number of unbranched alkanes of at least 4 members (excludes halogenated alkanes) is 9. The van der Waals surface area contributed by atoms with E-state index in [4.69, 9.17) is 0 Å². The van der Waals surface area contributed by atoms with Gasteiger partial charge in [-0.25, -0.2) is 0 Å². The zero-order chi connectivity index (χ0) is 29.8. The molecule has 0 heterocycles. The molecule has 4 heteroatoms. The molecule has 40 heavy (non-hydrogen) atoms. The largest absolute Gasteiger partial charge is 0.107 e. The van der Waals surface area contributed by atoms with Gasteiger partial charge in [0.15, 0.2) is 0 Å². The third-order valence-corrected chi connectivity index (χ3v) is 16.0. The molecular formula is C36H81P3Ru. The van der Waals surface area contributed by atoms with E-state index in [0.29, 0.717) is 23.8 Å². The van der Waals surface area contributed by atoms with Crippen LogP contribution in [0.5, 0.6) is 0 Å². The maximum absolute atomic E-state index is 2.31. The molecule has 0 aromatic carbocycles. The van der Waals surface area contributed by atoms with Gasteiger partial charge < -0.3 is 0 Å². The van der Waals surface area contributed by atoms with Crippen molar-refractivity contribution in [1.29, 1.82) is 0 Å². The Morgan fingerprint density at radius 2 is 0.325 bits per heavy atom. The zero-order valence-corrected chi connectivity index (χ0v) is 34.2. The second-order valence-corrected chi connectivity index (χ2v) is 19.8. The minimum Gasteiger partial charge on any atom is -0.107 e. The van der Waals surface area contributed by atoms with Crippen molar-refractivity contribution in [2.24, 2.45) is 0 Å². The molecule has 248 valence electrons. The van der Waals surface area contributed by atoms with E-state index in [2.05, 4.69) is 62.3 Å². The molecule has 0 nitrogen and oxygen atoms in total. The first kappa shape index (κ1) is 48.8. The van der Waals surface area contributed by atoms with Gasteiger partial charge in [0, 0.05) is 19.5 Å². The van der Waals surface area contributed by atoms with Crippen LogP contribution in [0.4, 0.5) is 0 Å². The van der Waals surface area contributed by atoms with Crippen molar-refractivity contribution in [3.05, 3.63) is 0 Å². The first-order valence-electron chi connectivity index (χ1n) is 18.2. The van der Waals surface area contributed by atoms with Gasteiger partial charge in [-0.05, 0) is 113 Å². The van der Waals surface area contributed by atoms with Gasteiger partial charge in [0.25, 0.3) is 0 Å². The molecule has 0 aliphatic rings. The van der Waals surface area contributed by atoms with Crippen LogP contribution >= 0.6 is 23.8 Å². The maximum Gasteiger partial charge on any atom is 0 e. The first-order chi connectivity index (χ1) is 19.0. The molecule has 0 N–H and O–H groups in total. The van der Waals surface area contributed by atoms with Gasteiger partial charge in [0.1, 0.15) is 0 Å². The van der Waals surface area contributed by atoms with Crippen LogP contribution in [0, 0.1) is 0 Å². The van der Waals surface area contributed by atoms with E-state index in [0.717, 1.165) is 0 Å². The summed E-state index contributed by atoms with van der Waals surface area (Å²) in [5.41, 5.74) is 0. The van der Waals surface area contributed by atoms with E-state index < -0.39 is 0 Å². The summed E-state index contributed by atoms with van der Waals surface area (Å²) in [6, 6.07) is 0. The Labute approximate surface area is 275 Å². The van der Waals surface area contributed by atoms with E-state index in [-0.39, 0.29) is 19.5 Å². The summed E-state index contributed by atoms with van der Waals surface area (Å²) < 4.78 is 0. The predicted octanol–water partition coefficient (Wildman–Crippen LogP) is 14.6. The summed E-state index contributed by atoms with van der Waals surface area (Å²) in [5, 5.41) is 0. The molecule has 0 rings (SSSR count). The molecule has 0 radical (unpaired) electrons. The van der Waals surface area contributed by atoms with Gasteiger partial charge in [-0.1, -0.05) is 120 Å². The van der Waals surface area contributed by atoms with Crippen molar-refractivity contribution >= 4 is 23.8 Å². The van der Waals surface area contributed by atoms with Crippen LogP contribution in [-0.4, -0.2) is 55.5 Å². The molecule has 0 aromatic heterocycles. The molecular weight excluding hydrogens is 626 g/mol. The summed E-state index contributed by atoms with van der Waals surface area (Å²) in [5.74, 6) is 0. The fourth-order valence-electron chi connectivity index (χ4n) is 4.44. The predicted molar refractivity (Wildman–Crippen MR) is 199 cm³/mol. The summed E-state index contributed by atoms with van der Waals surface area (Å²) in [6.45, 7) is 20.8. The minimum absolute atomic E-state index is 0. The van der Waals surface area contributed by atoms with E-state index in [1.54, 1.807) is 55.5 Å². The molecule has 0 saturated carbocycles. The Hall–Kier alpha value is 1.91. The SMILES string of the molecule is CCCCP(CCCC)CCCC.CCCCP(CCCC)CCCC.CCCCP(CCCC)CCCC.[Ru]. The van der Waals surface area contributed by atoms with Crippen molar-refractivity contribution in [3.63, 3.8) is 0 Å². The van der Waals surface area contributed by atoms with Crippen molar-refractivity contribution in [2.75, 3.05) is 55.5 Å². The molecule has 0 atom stereocenters. The van der Waals surface area contributed by atoms with Crippen LogP contribution in [0.25, 0.3) is 0 Å². The van der Waals surface area contributed by atoms with Crippen LogP contribution in [0.1, 0.15) is 178 Å². The number of hydrogen-bond donors (Lipinski definition) is 0. The monoisotopic (exact) mass is 708 g/mol. The van der Waals surface area contributed by atoms with Crippen LogP contribution in [0.3, 0.4) is 0 Å². The molecule has 0 aliphatic carbocycles. The Morgan fingerprint density at radius 1 is 0.225 bits per heavy atom. The fourth-order valence-corrected chi connectivity index (χ4v) is 13.3. The fraction of sp³-hybridized carbons (Fsp3) is 1.00. The third-order valence-electron chi connectivity index (χ3n) is 7.45. The summed E-state index contributed by atoms with van der Waals surface area (Å²) in [4.78, 5) is 0. The minimum atomic E-state index is 0. The van der Waals surface area contributed by atoms with Gasteiger partial charge in [-0.3, -0.25) is 0 Å². The molecule has 0 saturated heterocycles. The molecule has 0 amide bonds. The van der Waals surface area contributed by atoms with Gasteiger partial charge in [-0.15, -0.1) is 23.8 Å². The van der Waals surface area contributed by atoms with E-state index >= 15 is 0 Å². The quantitative estimate of drug-likeness (QED) is 0.0589. The van der Waals surface area contributed by atoms with Crippen LogP contribution in [0.15, 0.2) is 0 Å². The van der Waals surface area contributed by atoms with Gasteiger partial charge in [0.2, 0.25) is 0 Å². The Morgan fingerprint density at radius 3 is 0.400 bits per heavy atom. The Kier molecular flexibility index (Phi) is 55.3. The average molecular weight is 708 g/mol. The van der Waals surface area contributed by atoms with Crippen LogP contribution in [-0.2, 0) is 19.5 Å². The topological polar surface area (TPSA) is 0 Å². The second kappa shape index (κ2) is 45.3. The average Bonchev–Trinajstić information content (AvgIpc) is 2.96. The van der Waals surface area contributed by atoms with Crippen molar-refractivity contribution in [3.8, 4) is 0 Å². The van der Waals surface area contributed by atoms with Gasteiger partial charge in [0.05, 0.1) is 0 Å². The third kappa shape index (κ3) is 42.0. The van der Waals surface area contributed by atoms with Crippen molar-refractivity contribution < 1.29 is 19.5 Å². The number of rotatable bonds is 27. The van der Waals surface area contributed by atoms with E-state index in [1.807, 2.05) is 0 Å². The zero-order valence-electron chi connectivity index (χ0n) is 29.8. The van der Waals surface area contributed by atoms with Crippen molar-refractivity contribution in [1.82, 2.24) is 0 Å². The summed E-state index contributed by atoms with van der Waals surface area (Å²) >= 11 is 0. The molecule has 0 bridgehead atoms. The second-order valence-electron chi connectivity index (χ2n) is 11.7. The molecule has 0 aromatic rings. The Bertz CT molecular complexity index is 280. The van der Waals surface area contributed by atoms with E-state index in [1.165, 1.54) is 116 Å². The maximum atomic E-state index is 2.31. The Balaban J connectivity index is -0.000000240. The first-order valence-corrected chi connectivity index (χ1v) is 23.9. The summed E-state index contributed by atoms with van der Waals surface area (Å²) in [7, 11) is 1.27. The molecule has 0 spiro atoms. The number of hydrogen-bond acceptors (Lipinski definition) is 0. The normalized spacial score (nSPS) is 10.8. The smallest absolute Gasteiger partial charge is 0 e. The van der Waals surface area contributed by atoms with Crippen LogP contribution < -0.4 is 0 Å². The molecule has 0 aliphatic heterocycles. The molecule has 0 unspecified atom stereocenters.